The van der Waals surface area contributed by atoms with Crippen LogP contribution in [0.5, 0.6) is 0 Å². The van der Waals surface area contributed by atoms with E-state index in [1.54, 1.807) is 12.1 Å². The number of nitrogens with one attached hydrogen (secondary N) is 1. The first-order valence-electron chi connectivity index (χ1n) is 17.3. The van der Waals surface area contributed by atoms with Crippen molar-refractivity contribution in [1.82, 2.24) is 5.32 Å². The molecule has 5 heteroatoms. The summed E-state index contributed by atoms with van der Waals surface area (Å²) in [6, 6.07) is 7.53. The van der Waals surface area contributed by atoms with E-state index < -0.39 is 11.9 Å². The Morgan fingerprint density at radius 3 is 2.23 bits per heavy atom. The fourth-order valence-corrected chi connectivity index (χ4v) is 12.8. The zero-order valence-corrected chi connectivity index (χ0v) is 28.0. The van der Waals surface area contributed by atoms with Crippen molar-refractivity contribution in [1.29, 1.82) is 0 Å². The first-order valence-corrected chi connectivity index (χ1v) is 17.3. The predicted octanol–water partition coefficient (Wildman–Crippen LogP) is 8.85. The van der Waals surface area contributed by atoms with E-state index in [1.165, 1.54) is 49.7 Å². The largest absolute Gasteiger partial charge is 0.481 e. The zero-order valence-electron chi connectivity index (χ0n) is 28.0. The molecule has 1 aromatic carbocycles. The van der Waals surface area contributed by atoms with Crippen LogP contribution in [0.1, 0.15) is 122 Å². The maximum atomic E-state index is 11.5. The van der Waals surface area contributed by atoms with Crippen LogP contribution in [0.15, 0.2) is 42.5 Å². The van der Waals surface area contributed by atoms with Crippen LogP contribution in [0.4, 0.5) is 0 Å². The summed E-state index contributed by atoms with van der Waals surface area (Å²) in [7, 11) is 0. The molecule has 3 unspecified atom stereocenters. The smallest absolute Gasteiger partial charge is 0.335 e. The van der Waals surface area contributed by atoms with Crippen LogP contribution in [0.3, 0.4) is 0 Å². The molecule has 0 bridgehead atoms. The summed E-state index contributed by atoms with van der Waals surface area (Å²) in [5, 5.41) is 22.7. The molecule has 5 nitrogen and oxygen atoms in total. The van der Waals surface area contributed by atoms with Crippen LogP contribution in [0.2, 0.25) is 0 Å². The summed E-state index contributed by atoms with van der Waals surface area (Å²) in [4.78, 5) is 22.9. The first kappa shape index (κ1) is 31.6. The Morgan fingerprint density at radius 2 is 1.59 bits per heavy atom. The van der Waals surface area contributed by atoms with Crippen molar-refractivity contribution >= 4 is 17.5 Å². The number of hydrogen-bond donors (Lipinski definition) is 3. The molecule has 4 fully saturated rings. The molecular weight excluding hydrogens is 546 g/mol. The Balaban J connectivity index is 1.33. The third kappa shape index (κ3) is 4.42. The van der Waals surface area contributed by atoms with Gasteiger partial charge < -0.3 is 15.5 Å². The maximum absolute atomic E-state index is 11.5. The van der Waals surface area contributed by atoms with Gasteiger partial charge in [-0.25, -0.2) is 4.79 Å². The number of aromatic carboxylic acids is 1. The number of fused-ring (bicyclic) bond motifs is 7. The Kier molecular flexibility index (Phi) is 7.59. The lowest BCUT2D eigenvalue weighted by molar-refractivity contribution is -0.219. The van der Waals surface area contributed by atoms with Crippen LogP contribution in [0, 0.1) is 51.2 Å². The summed E-state index contributed by atoms with van der Waals surface area (Å²) in [6.07, 6.45) is 13.4. The normalized spacial score (nSPS) is 42.2. The van der Waals surface area contributed by atoms with Crippen LogP contribution in [-0.4, -0.2) is 34.2 Å². The number of rotatable bonds is 7. The van der Waals surface area contributed by atoms with E-state index in [0.717, 1.165) is 24.8 Å². The van der Waals surface area contributed by atoms with Crippen molar-refractivity contribution in [2.75, 3.05) is 6.54 Å². The van der Waals surface area contributed by atoms with Gasteiger partial charge in [0, 0.05) is 12.1 Å². The average molecular weight is 602 g/mol. The first-order chi connectivity index (χ1) is 20.6. The van der Waals surface area contributed by atoms with E-state index >= 15 is 0 Å². The number of aliphatic carboxylic acids is 1. The fourth-order valence-electron chi connectivity index (χ4n) is 12.8. The van der Waals surface area contributed by atoms with Gasteiger partial charge in [0.2, 0.25) is 0 Å². The molecule has 3 N–H and O–H groups in total. The Morgan fingerprint density at radius 1 is 0.886 bits per heavy atom. The molecule has 9 atom stereocenters. The molecule has 240 valence electrons. The molecule has 0 aromatic heterocycles. The van der Waals surface area contributed by atoms with Crippen LogP contribution < -0.4 is 5.32 Å². The molecule has 5 aliphatic rings. The summed E-state index contributed by atoms with van der Waals surface area (Å²) in [5.41, 5.74) is 4.95. The highest BCUT2D eigenvalue weighted by atomic mass is 16.4. The summed E-state index contributed by atoms with van der Waals surface area (Å²) < 4.78 is 0. The monoisotopic (exact) mass is 601 g/mol. The molecule has 0 radical (unpaired) electrons. The van der Waals surface area contributed by atoms with Crippen molar-refractivity contribution in [3.8, 4) is 0 Å². The van der Waals surface area contributed by atoms with Crippen LogP contribution >= 0.6 is 0 Å². The van der Waals surface area contributed by atoms with Crippen molar-refractivity contribution in [2.45, 2.75) is 111 Å². The van der Waals surface area contributed by atoms with Crippen LogP contribution in [0.25, 0.3) is 5.57 Å². The minimum Gasteiger partial charge on any atom is -0.481 e. The molecule has 6 rings (SSSR count). The Bertz CT molecular complexity index is 1380. The number of benzene rings is 1. The Hall–Kier alpha value is -2.40. The van der Waals surface area contributed by atoms with Gasteiger partial charge in [-0.1, -0.05) is 65.0 Å². The second-order valence-corrected chi connectivity index (χ2v) is 16.8. The molecule has 0 aliphatic heterocycles. The summed E-state index contributed by atoms with van der Waals surface area (Å²) in [6.45, 7) is 20.1. The van der Waals surface area contributed by atoms with E-state index in [4.69, 9.17) is 0 Å². The van der Waals surface area contributed by atoms with Gasteiger partial charge in [0.25, 0.3) is 0 Å². The molecule has 0 spiro atoms. The predicted molar refractivity (Wildman–Crippen MR) is 176 cm³/mol. The van der Waals surface area contributed by atoms with Gasteiger partial charge in [-0.3, -0.25) is 4.79 Å². The van der Waals surface area contributed by atoms with Crippen molar-refractivity contribution in [3.05, 3.63) is 53.6 Å². The minimum atomic E-state index is -0.875. The lowest BCUT2D eigenvalue weighted by atomic mass is 9.33. The number of carbonyl (C=O) groups is 2. The average Bonchev–Trinajstić information content (AvgIpc) is 3.33. The second kappa shape index (κ2) is 10.6. The molecule has 0 saturated heterocycles. The fraction of sp³-hybridized carbons (Fsp3) is 0.692. The molecular formula is C39H55NO4. The van der Waals surface area contributed by atoms with Crippen molar-refractivity contribution in [2.24, 2.45) is 51.2 Å². The van der Waals surface area contributed by atoms with E-state index in [0.29, 0.717) is 41.7 Å². The summed E-state index contributed by atoms with van der Waals surface area (Å²) in [5.74, 6) is 1.29. The van der Waals surface area contributed by atoms with Gasteiger partial charge in [0.15, 0.2) is 0 Å². The number of carboxylic acid groups (broad SMARTS) is 2. The molecule has 4 saturated carbocycles. The van der Waals surface area contributed by atoms with Gasteiger partial charge in [0.1, 0.15) is 0 Å². The standard InChI is InChI=1S/C39H55NO4/c1-24(2)27-14-20-39(40-23-17-32(41)42)22-21-37(6)29(33(27)39)12-13-31-36(5)18-15-28(25-8-10-26(11-9-25)34(43)44)35(3,4)30(36)16-19-38(31,37)7/h8-11,15,27,29-31,33,40H,1,12-14,16-23H2,2-7H3,(H,41,42)(H,43,44)/t27-,29+,30?,31?,33?,36-,37+,38+,39-/m0/s1. The van der Waals surface area contributed by atoms with E-state index in [9.17, 15) is 19.8 Å². The topological polar surface area (TPSA) is 86.6 Å². The van der Waals surface area contributed by atoms with E-state index in [-0.39, 0.29) is 33.6 Å². The number of carboxylic acids is 2. The molecule has 1 aromatic rings. The second-order valence-electron chi connectivity index (χ2n) is 16.8. The van der Waals surface area contributed by atoms with Crippen LogP contribution in [-0.2, 0) is 4.79 Å². The highest BCUT2D eigenvalue weighted by molar-refractivity contribution is 5.88. The lowest BCUT2D eigenvalue weighted by Crippen LogP contribution is -2.68. The maximum Gasteiger partial charge on any atom is 0.335 e. The third-order valence-corrected chi connectivity index (χ3v) is 14.9. The highest BCUT2D eigenvalue weighted by Gasteiger charge is 2.70. The summed E-state index contributed by atoms with van der Waals surface area (Å²) >= 11 is 0. The van der Waals surface area contributed by atoms with E-state index in [1.807, 2.05) is 12.1 Å². The number of hydrogen-bond acceptors (Lipinski definition) is 3. The lowest BCUT2D eigenvalue weighted by Gasteiger charge is -2.72. The third-order valence-electron chi connectivity index (χ3n) is 14.9. The van der Waals surface area contributed by atoms with Gasteiger partial charge in [0.05, 0.1) is 12.0 Å². The molecule has 44 heavy (non-hydrogen) atoms. The van der Waals surface area contributed by atoms with Gasteiger partial charge in [-0.05, 0) is 139 Å². The van der Waals surface area contributed by atoms with Crippen molar-refractivity contribution in [3.63, 3.8) is 0 Å². The molecule has 5 aliphatic carbocycles. The van der Waals surface area contributed by atoms with Gasteiger partial charge in [-0.15, -0.1) is 0 Å². The SMILES string of the molecule is C=C(C)[C@@H]1CC[C@]2(NCCC(=O)O)CC[C@]3(C)[C@H](CCC4[C@@]5(C)CC=C(c6ccc(C(=O)O)cc6)C(C)(C)C5CC[C@]43C)C12. The minimum absolute atomic E-state index is 0.00308. The zero-order chi connectivity index (χ0) is 31.9. The van der Waals surface area contributed by atoms with Gasteiger partial charge in [-0.2, -0.15) is 0 Å². The van der Waals surface area contributed by atoms with Gasteiger partial charge >= 0.3 is 11.9 Å². The number of allylic oxidation sites excluding steroid dienone is 3. The quantitative estimate of drug-likeness (QED) is 0.272. The molecule has 0 amide bonds. The Labute approximate surface area is 265 Å². The van der Waals surface area contributed by atoms with Crippen molar-refractivity contribution < 1.29 is 19.8 Å². The van der Waals surface area contributed by atoms with E-state index in [2.05, 4.69) is 59.5 Å². The highest BCUT2D eigenvalue weighted by Crippen LogP contribution is 2.76. The molecule has 0 heterocycles.